The van der Waals surface area contributed by atoms with Gasteiger partial charge in [-0.3, -0.25) is 0 Å². The van der Waals surface area contributed by atoms with Gasteiger partial charge in [0.15, 0.2) is 0 Å². The van der Waals surface area contributed by atoms with Gasteiger partial charge in [0, 0.05) is 21.5 Å². The Morgan fingerprint density at radius 2 is 1.30 bits per heavy atom. The maximum absolute atomic E-state index is 11.3. The van der Waals surface area contributed by atoms with E-state index in [0.717, 1.165) is 10.8 Å². The third-order valence-corrected chi connectivity index (χ3v) is 4.42. The second-order valence-corrected chi connectivity index (χ2v) is 6.15. The summed E-state index contributed by atoms with van der Waals surface area (Å²) in [5.41, 5.74) is 0. The Hall–Kier alpha value is -0.505. The van der Waals surface area contributed by atoms with Crippen molar-refractivity contribution in [1.82, 2.24) is 0 Å². The van der Waals surface area contributed by atoms with E-state index in [0.29, 0.717) is 22.3 Å². The molecular formula is C16H13O5RbS. The van der Waals surface area contributed by atoms with E-state index in [1.165, 1.54) is 19.2 Å². The number of rotatable bonds is 3. The average molecular weight is 403 g/mol. The van der Waals surface area contributed by atoms with E-state index in [9.17, 15) is 13.0 Å². The molecule has 23 heavy (non-hydrogen) atoms. The molecule has 0 saturated carbocycles. The first-order valence-electron chi connectivity index (χ1n) is 6.49. The first kappa shape index (κ1) is 18.8. The molecule has 0 aromatic heterocycles. The van der Waals surface area contributed by atoms with Crippen molar-refractivity contribution in [3.8, 4) is 11.5 Å². The van der Waals surface area contributed by atoms with Crippen molar-refractivity contribution in [3.63, 3.8) is 0 Å². The number of hydrogen-bond donors (Lipinski definition) is 0. The van der Waals surface area contributed by atoms with Crippen molar-refractivity contribution in [2.75, 3.05) is 14.2 Å². The molecule has 0 aliphatic rings. The molecule has 3 aromatic carbocycles. The summed E-state index contributed by atoms with van der Waals surface area (Å²) in [6.45, 7) is 0. The molecule has 0 unspecified atom stereocenters. The van der Waals surface area contributed by atoms with E-state index in [-0.39, 0.29) is 63.1 Å². The summed E-state index contributed by atoms with van der Waals surface area (Å²) in [4.78, 5) is -0.296. The molecular weight excluding hydrogens is 390 g/mol. The summed E-state index contributed by atoms with van der Waals surface area (Å²) in [6, 6.07) is 11.7. The molecule has 0 aliphatic carbocycles. The van der Waals surface area contributed by atoms with Crippen LogP contribution in [-0.2, 0) is 10.1 Å². The zero-order chi connectivity index (χ0) is 15.9. The van der Waals surface area contributed by atoms with Gasteiger partial charge in [-0.1, -0.05) is 24.3 Å². The minimum atomic E-state index is -4.54. The number of methoxy groups -OCH3 is 2. The maximum atomic E-state index is 11.3. The second kappa shape index (κ2) is 7.17. The van der Waals surface area contributed by atoms with Gasteiger partial charge in [-0.2, -0.15) is 0 Å². The summed E-state index contributed by atoms with van der Waals surface area (Å²) < 4.78 is 44.7. The Kier molecular flexibility index (Phi) is 5.87. The van der Waals surface area contributed by atoms with Gasteiger partial charge in [-0.15, -0.1) is 0 Å². The summed E-state index contributed by atoms with van der Waals surface area (Å²) >= 11 is 0. The first-order valence-corrected chi connectivity index (χ1v) is 7.90. The minimum absolute atomic E-state index is 0. The molecule has 0 atom stereocenters. The Balaban J connectivity index is 0.00000192. The van der Waals surface area contributed by atoms with Crippen LogP contribution >= 0.6 is 0 Å². The monoisotopic (exact) mass is 402 g/mol. The predicted octanol–water partition coefficient (Wildman–Crippen LogP) is -0.0817. The van der Waals surface area contributed by atoms with E-state index in [1.54, 1.807) is 13.2 Å². The van der Waals surface area contributed by atoms with Crippen molar-refractivity contribution in [1.29, 1.82) is 0 Å². The van der Waals surface area contributed by atoms with Crippen LogP contribution in [0.5, 0.6) is 11.5 Å². The van der Waals surface area contributed by atoms with Crippen LogP contribution < -0.4 is 67.7 Å². The molecule has 0 bridgehead atoms. The molecule has 0 amide bonds. The molecule has 0 N–H and O–H groups in total. The Morgan fingerprint density at radius 1 is 0.826 bits per heavy atom. The van der Waals surface area contributed by atoms with Gasteiger partial charge in [0.2, 0.25) is 0 Å². The van der Waals surface area contributed by atoms with Crippen LogP contribution in [-0.4, -0.2) is 27.2 Å². The van der Waals surface area contributed by atoms with Crippen LogP contribution in [0, 0.1) is 0 Å². The third-order valence-electron chi connectivity index (χ3n) is 3.59. The fourth-order valence-electron chi connectivity index (χ4n) is 2.67. The number of fused-ring (bicyclic) bond motifs is 2. The van der Waals surface area contributed by atoms with Gasteiger partial charge in [0.25, 0.3) is 0 Å². The minimum Gasteiger partial charge on any atom is -0.744 e. The van der Waals surface area contributed by atoms with Crippen molar-refractivity contribution in [2.45, 2.75) is 4.90 Å². The van der Waals surface area contributed by atoms with E-state index in [4.69, 9.17) is 9.47 Å². The molecule has 0 heterocycles. The quantitative estimate of drug-likeness (QED) is 0.452. The van der Waals surface area contributed by atoms with E-state index in [1.807, 2.05) is 24.3 Å². The summed E-state index contributed by atoms with van der Waals surface area (Å²) in [5, 5.41) is 2.85. The molecule has 3 rings (SSSR count). The summed E-state index contributed by atoms with van der Waals surface area (Å²) in [7, 11) is -1.48. The van der Waals surface area contributed by atoms with Gasteiger partial charge in [-0.05, 0) is 18.2 Å². The fourth-order valence-corrected chi connectivity index (χ4v) is 3.17. The van der Waals surface area contributed by atoms with E-state index < -0.39 is 10.1 Å². The zero-order valence-corrected chi connectivity index (χ0v) is 18.7. The Labute approximate surface area is 183 Å². The zero-order valence-electron chi connectivity index (χ0n) is 13.0. The van der Waals surface area contributed by atoms with Crippen molar-refractivity contribution in [3.05, 3.63) is 42.5 Å². The van der Waals surface area contributed by atoms with Gasteiger partial charge >= 0.3 is 58.2 Å². The standard InChI is InChI=1S/C16H14O5S.Rb/c1-20-15-11-5-3-4-6-12(11)16(21-2)14-9-10(22(17,18)19)7-8-13(14)15;/h3-9H,1-2H3,(H,17,18,19);/q;+1/p-1. The predicted molar refractivity (Wildman–Crippen MR) is 82.5 cm³/mol. The molecule has 0 saturated heterocycles. The molecule has 5 nitrogen and oxygen atoms in total. The van der Waals surface area contributed by atoms with Gasteiger partial charge in [0.05, 0.1) is 19.1 Å². The molecule has 3 aromatic rings. The molecule has 0 aliphatic heterocycles. The Bertz CT molecular complexity index is 983. The number of ether oxygens (including phenoxy) is 2. The SMILES string of the molecule is COc1c2ccccc2c(OC)c2cc(S(=O)(=O)[O-])ccc12.[Rb+]. The second-order valence-electron chi connectivity index (χ2n) is 4.77. The topological polar surface area (TPSA) is 75.7 Å². The molecule has 0 spiro atoms. The largest absolute Gasteiger partial charge is 1.00 e. The normalized spacial score (nSPS) is 11.3. The average Bonchev–Trinajstić information content (AvgIpc) is 2.51. The van der Waals surface area contributed by atoms with Crippen LogP contribution in [0.1, 0.15) is 0 Å². The smallest absolute Gasteiger partial charge is 0.744 e. The number of benzene rings is 3. The van der Waals surface area contributed by atoms with E-state index >= 15 is 0 Å². The van der Waals surface area contributed by atoms with E-state index in [2.05, 4.69) is 0 Å². The third kappa shape index (κ3) is 3.33. The van der Waals surface area contributed by atoms with Gasteiger partial charge < -0.3 is 14.0 Å². The van der Waals surface area contributed by atoms with Gasteiger partial charge in [-0.25, -0.2) is 8.42 Å². The molecule has 7 heteroatoms. The van der Waals surface area contributed by atoms with Crippen LogP contribution in [0.4, 0.5) is 0 Å². The first-order chi connectivity index (χ1) is 10.5. The van der Waals surface area contributed by atoms with Gasteiger partial charge in [0.1, 0.15) is 21.6 Å². The van der Waals surface area contributed by atoms with Crippen LogP contribution in [0.25, 0.3) is 21.5 Å². The van der Waals surface area contributed by atoms with Crippen molar-refractivity contribution < 1.29 is 80.6 Å². The van der Waals surface area contributed by atoms with Crippen molar-refractivity contribution >= 4 is 31.7 Å². The molecule has 0 radical (unpaired) electrons. The molecule has 114 valence electrons. The number of hydrogen-bond acceptors (Lipinski definition) is 5. The summed E-state index contributed by atoms with van der Waals surface area (Å²) in [5.74, 6) is 1.12. The maximum Gasteiger partial charge on any atom is 1.00 e. The summed E-state index contributed by atoms with van der Waals surface area (Å²) in [6.07, 6.45) is 0. The van der Waals surface area contributed by atoms with Crippen LogP contribution in [0.3, 0.4) is 0 Å². The van der Waals surface area contributed by atoms with Crippen LogP contribution in [0.2, 0.25) is 0 Å². The van der Waals surface area contributed by atoms with Crippen molar-refractivity contribution in [2.24, 2.45) is 0 Å². The fraction of sp³-hybridized carbons (Fsp3) is 0.125. The Morgan fingerprint density at radius 3 is 1.78 bits per heavy atom. The molecule has 0 fully saturated rings. The van der Waals surface area contributed by atoms with Crippen LogP contribution in [0.15, 0.2) is 47.4 Å².